The van der Waals surface area contributed by atoms with Crippen molar-refractivity contribution in [3.63, 3.8) is 0 Å². The number of nitrogens with zero attached hydrogens (tertiary/aromatic N) is 1. The molecule has 0 radical (unpaired) electrons. The summed E-state index contributed by atoms with van der Waals surface area (Å²) in [7, 11) is 0. The molecule has 0 heterocycles. The van der Waals surface area contributed by atoms with Gasteiger partial charge in [-0.2, -0.15) is 0 Å². The first-order valence-corrected chi connectivity index (χ1v) is 10.7. The maximum Gasteiger partial charge on any atom is 0.242 e. The molecule has 4 nitrogen and oxygen atoms in total. The second-order valence-electron chi connectivity index (χ2n) is 7.07. The molecular formula is C23H28Cl2N2O2. The van der Waals surface area contributed by atoms with Crippen molar-refractivity contribution in [3.05, 3.63) is 69.2 Å². The van der Waals surface area contributed by atoms with Gasteiger partial charge in [-0.05, 0) is 49.9 Å². The van der Waals surface area contributed by atoms with E-state index in [1.165, 1.54) is 5.56 Å². The molecule has 0 aliphatic carbocycles. The Morgan fingerprint density at radius 1 is 1.00 bits per heavy atom. The fourth-order valence-electron chi connectivity index (χ4n) is 3.20. The van der Waals surface area contributed by atoms with Crippen molar-refractivity contribution in [2.24, 2.45) is 0 Å². The van der Waals surface area contributed by atoms with Gasteiger partial charge < -0.3 is 10.2 Å². The van der Waals surface area contributed by atoms with Crippen LogP contribution in [0.5, 0.6) is 0 Å². The highest BCUT2D eigenvalue weighted by molar-refractivity contribution is 6.42. The number of likely N-dealkylation sites (N-methyl/N-ethyl adjacent to an activating group) is 1. The highest BCUT2D eigenvalue weighted by atomic mass is 35.5. The number of rotatable bonds is 9. The van der Waals surface area contributed by atoms with Crippen molar-refractivity contribution in [1.29, 1.82) is 0 Å². The van der Waals surface area contributed by atoms with Gasteiger partial charge in [0.2, 0.25) is 11.8 Å². The Hall–Kier alpha value is -2.04. The van der Waals surface area contributed by atoms with Crippen LogP contribution in [0.15, 0.2) is 42.5 Å². The van der Waals surface area contributed by atoms with E-state index < -0.39 is 6.04 Å². The minimum absolute atomic E-state index is 0.0604. The predicted octanol–water partition coefficient (Wildman–Crippen LogP) is 5.18. The molecule has 0 bridgehead atoms. The number of amides is 2. The lowest BCUT2D eigenvalue weighted by atomic mass is 10.1. The monoisotopic (exact) mass is 434 g/mol. The molecule has 0 aliphatic rings. The molecule has 0 saturated heterocycles. The lowest BCUT2D eigenvalue weighted by molar-refractivity contribution is -0.141. The van der Waals surface area contributed by atoms with E-state index in [1.807, 2.05) is 51.1 Å². The van der Waals surface area contributed by atoms with Crippen LogP contribution in [0.2, 0.25) is 10.0 Å². The van der Waals surface area contributed by atoms with Crippen LogP contribution in [0.1, 0.15) is 43.4 Å². The fourth-order valence-corrected chi connectivity index (χ4v) is 3.52. The van der Waals surface area contributed by atoms with Crippen molar-refractivity contribution in [2.45, 2.75) is 52.6 Å². The Labute approximate surface area is 183 Å². The summed E-state index contributed by atoms with van der Waals surface area (Å²) in [6.07, 6.45) is 1.49. The van der Waals surface area contributed by atoms with E-state index >= 15 is 0 Å². The molecule has 2 aromatic rings. The Morgan fingerprint density at radius 3 is 2.24 bits per heavy atom. The van der Waals surface area contributed by atoms with Gasteiger partial charge in [0.25, 0.3) is 0 Å². The van der Waals surface area contributed by atoms with Crippen molar-refractivity contribution in [3.8, 4) is 0 Å². The zero-order valence-corrected chi connectivity index (χ0v) is 18.7. The summed E-state index contributed by atoms with van der Waals surface area (Å²) in [4.78, 5) is 27.4. The van der Waals surface area contributed by atoms with E-state index in [9.17, 15) is 9.59 Å². The maximum atomic E-state index is 13.1. The molecule has 6 heteroatoms. The summed E-state index contributed by atoms with van der Waals surface area (Å²) in [5.74, 6) is -0.200. The molecule has 1 atom stereocenters. The SMILES string of the molecule is CCNC(=O)[C@@H](CC)N(Cc1ccc(Cl)c(Cl)c1)C(=O)CCc1ccc(C)cc1. The number of hydrogen-bond acceptors (Lipinski definition) is 2. The molecule has 2 rings (SSSR count). The molecule has 29 heavy (non-hydrogen) atoms. The van der Waals surface area contributed by atoms with E-state index in [-0.39, 0.29) is 11.8 Å². The smallest absolute Gasteiger partial charge is 0.242 e. The summed E-state index contributed by atoms with van der Waals surface area (Å²) >= 11 is 12.2. The van der Waals surface area contributed by atoms with Crippen molar-refractivity contribution >= 4 is 35.0 Å². The third kappa shape index (κ3) is 6.76. The Bertz CT molecular complexity index is 837. The van der Waals surface area contributed by atoms with Crippen LogP contribution in [0.3, 0.4) is 0 Å². The predicted molar refractivity (Wildman–Crippen MR) is 119 cm³/mol. The van der Waals surface area contributed by atoms with Crippen LogP contribution >= 0.6 is 23.2 Å². The lowest BCUT2D eigenvalue weighted by Crippen LogP contribution is -2.49. The van der Waals surface area contributed by atoms with E-state index in [1.54, 1.807) is 17.0 Å². The minimum atomic E-state index is -0.532. The number of aryl methyl sites for hydroxylation is 2. The first-order valence-electron chi connectivity index (χ1n) is 9.92. The molecule has 0 aromatic heterocycles. The minimum Gasteiger partial charge on any atom is -0.355 e. The molecule has 0 aliphatic heterocycles. The van der Waals surface area contributed by atoms with Gasteiger partial charge in [-0.15, -0.1) is 0 Å². The van der Waals surface area contributed by atoms with Gasteiger partial charge in [0, 0.05) is 19.5 Å². The van der Waals surface area contributed by atoms with Crippen LogP contribution in [0.4, 0.5) is 0 Å². The first-order chi connectivity index (χ1) is 13.8. The van der Waals surface area contributed by atoms with Crippen LogP contribution in [-0.2, 0) is 22.6 Å². The highest BCUT2D eigenvalue weighted by Gasteiger charge is 2.28. The second kappa shape index (κ2) is 11.2. The number of carbonyl (C=O) groups excluding carboxylic acids is 2. The average molecular weight is 435 g/mol. The standard InChI is InChI=1S/C23H28Cl2N2O2/c1-4-21(23(29)26-5-2)27(15-18-10-12-19(24)20(25)14-18)22(28)13-11-17-8-6-16(3)7-9-17/h6-10,12,14,21H,4-5,11,13,15H2,1-3H3,(H,26,29)/t21-/m1/s1. The van der Waals surface area contributed by atoms with Crippen LogP contribution in [0.25, 0.3) is 0 Å². The fraction of sp³-hybridized carbons (Fsp3) is 0.391. The number of benzene rings is 2. The topological polar surface area (TPSA) is 49.4 Å². The first kappa shape index (κ1) is 23.2. The second-order valence-corrected chi connectivity index (χ2v) is 7.89. The van der Waals surface area contributed by atoms with E-state index in [4.69, 9.17) is 23.2 Å². The van der Waals surface area contributed by atoms with E-state index in [2.05, 4.69) is 5.32 Å². The maximum absolute atomic E-state index is 13.1. The quantitative estimate of drug-likeness (QED) is 0.590. The third-order valence-corrected chi connectivity index (χ3v) is 5.56. The van der Waals surface area contributed by atoms with Gasteiger partial charge in [-0.1, -0.05) is 66.0 Å². The molecule has 2 aromatic carbocycles. The summed E-state index contributed by atoms with van der Waals surface area (Å²) in [5.41, 5.74) is 3.12. The Balaban J connectivity index is 2.21. The molecule has 1 N–H and O–H groups in total. The highest BCUT2D eigenvalue weighted by Crippen LogP contribution is 2.24. The molecule has 156 valence electrons. The zero-order chi connectivity index (χ0) is 21.4. The van der Waals surface area contributed by atoms with Gasteiger partial charge in [-0.25, -0.2) is 0 Å². The van der Waals surface area contributed by atoms with Crippen molar-refractivity contribution in [1.82, 2.24) is 10.2 Å². The molecular weight excluding hydrogens is 407 g/mol. The van der Waals surface area contributed by atoms with E-state index in [0.717, 1.165) is 11.1 Å². The molecule has 0 fully saturated rings. The van der Waals surface area contributed by atoms with Gasteiger partial charge in [-0.3, -0.25) is 9.59 Å². The number of nitrogens with one attached hydrogen (secondary N) is 1. The molecule has 2 amide bonds. The summed E-state index contributed by atoms with van der Waals surface area (Å²) < 4.78 is 0. The number of halogens is 2. The largest absolute Gasteiger partial charge is 0.355 e. The van der Waals surface area contributed by atoms with Crippen LogP contribution in [-0.4, -0.2) is 29.3 Å². The van der Waals surface area contributed by atoms with Crippen molar-refractivity contribution in [2.75, 3.05) is 6.54 Å². The molecule has 0 spiro atoms. The van der Waals surface area contributed by atoms with Crippen LogP contribution < -0.4 is 5.32 Å². The average Bonchev–Trinajstić information content (AvgIpc) is 2.70. The van der Waals surface area contributed by atoms with Gasteiger partial charge >= 0.3 is 0 Å². The summed E-state index contributed by atoms with van der Waals surface area (Å²) in [6, 6.07) is 12.9. The lowest BCUT2D eigenvalue weighted by Gasteiger charge is -2.30. The Morgan fingerprint density at radius 2 is 1.66 bits per heavy atom. The zero-order valence-electron chi connectivity index (χ0n) is 17.2. The third-order valence-electron chi connectivity index (χ3n) is 4.82. The van der Waals surface area contributed by atoms with Crippen LogP contribution in [0, 0.1) is 6.92 Å². The summed E-state index contributed by atoms with van der Waals surface area (Å²) in [6.45, 7) is 6.64. The molecule has 0 saturated carbocycles. The van der Waals surface area contributed by atoms with Gasteiger partial charge in [0.15, 0.2) is 0 Å². The molecule has 0 unspecified atom stereocenters. The Kier molecular flexibility index (Phi) is 8.99. The number of carbonyl (C=O) groups is 2. The van der Waals surface area contributed by atoms with Crippen molar-refractivity contribution < 1.29 is 9.59 Å². The normalized spacial score (nSPS) is 11.8. The number of hydrogen-bond donors (Lipinski definition) is 1. The van der Waals surface area contributed by atoms with Gasteiger partial charge in [0.1, 0.15) is 6.04 Å². The van der Waals surface area contributed by atoms with E-state index in [0.29, 0.717) is 42.4 Å². The van der Waals surface area contributed by atoms with Gasteiger partial charge in [0.05, 0.1) is 10.0 Å². The summed E-state index contributed by atoms with van der Waals surface area (Å²) in [5, 5.41) is 3.73.